The largest absolute Gasteiger partial charge is 0.321 e. The van der Waals surface area contributed by atoms with Crippen molar-refractivity contribution in [2.45, 2.75) is 25.3 Å². The summed E-state index contributed by atoms with van der Waals surface area (Å²) in [6, 6.07) is 14.6. The Hall–Kier alpha value is -1.87. The molecule has 5 rings (SSSR count). The molecule has 0 bridgehead atoms. The number of carbonyl (C=O) groups is 1. The molecule has 0 radical (unpaired) electrons. The lowest BCUT2D eigenvalue weighted by Crippen LogP contribution is -2.48. The van der Waals surface area contributed by atoms with Gasteiger partial charge in [0.15, 0.2) is 0 Å². The highest BCUT2D eigenvalue weighted by Crippen LogP contribution is 2.61. The van der Waals surface area contributed by atoms with Crippen LogP contribution in [-0.2, 0) is 5.54 Å². The Morgan fingerprint density at radius 3 is 2.74 bits per heavy atom. The topological polar surface area (TPSA) is 20.3 Å². The molecule has 2 aromatic carbocycles. The number of aryl methyl sites for hydroxylation is 1. The van der Waals surface area contributed by atoms with Gasteiger partial charge in [0.25, 0.3) is 5.91 Å². The molecular weight excluding hydrogens is 350 g/mol. The van der Waals surface area contributed by atoms with Crippen LogP contribution in [0.2, 0.25) is 0 Å². The van der Waals surface area contributed by atoms with Crippen LogP contribution in [0.1, 0.15) is 45.5 Å². The Morgan fingerprint density at radius 2 is 1.87 bits per heavy atom. The Morgan fingerprint density at radius 1 is 1.09 bits per heavy atom. The average Bonchev–Trinajstić information content (AvgIpc) is 3.00. The Balaban J connectivity index is 1.96. The molecule has 0 N–H and O–H groups in total. The number of benzene rings is 2. The van der Waals surface area contributed by atoms with Gasteiger partial charge in [-0.3, -0.25) is 4.79 Å². The fourth-order valence-electron chi connectivity index (χ4n) is 4.75. The molecule has 114 valence electrons. The first kappa shape index (κ1) is 13.6. The van der Waals surface area contributed by atoms with Crippen molar-refractivity contribution in [3.05, 3.63) is 75.9 Å². The first-order chi connectivity index (χ1) is 11.2. The van der Waals surface area contributed by atoms with E-state index in [0.717, 1.165) is 30.5 Å². The SMILES string of the molecule is Cc1cccc2c1C(Br)=C1CCCN3C(=O)c4ccccc4C123. The van der Waals surface area contributed by atoms with E-state index in [2.05, 4.69) is 58.1 Å². The molecule has 2 aromatic rings. The number of amides is 1. The minimum atomic E-state index is -0.383. The molecule has 1 atom stereocenters. The second-order valence-electron chi connectivity index (χ2n) is 6.61. The highest BCUT2D eigenvalue weighted by molar-refractivity contribution is 9.15. The van der Waals surface area contributed by atoms with E-state index in [4.69, 9.17) is 0 Å². The lowest BCUT2D eigenvalue weighted by Gasteiger charge is -2.43. The van der Waals surface area contributed by atoms with E-state index in [0.29, 0.717) is 0 Å². The quantitative estimate of drug-likeness (QED) is 0.667. The lowest BCUT2D eigenvalue weighted by molar-refractivity contribution is 0.0634. The minimum absolute atomic E-state index is 0.174. The molecule has 2 aliphatic heterocycles. The van der Waals surface area contributed by atoms with Crippen molar-refractivity contribution in [3.63, 3.8) is 0 Å². The van der Waals surface area contributed by atoms with Gasteiger partial charge in [-0.15, -0.1) is 0 Å². The second kappa shape index (κ2) is 4.35. The normalized spacial score (nSPS) is 24.4. The molecule has 1 fully saturated rings. The highest BCUT2D eigenvalue weighted by atomic mass is 79.9. The summed E-state index contributed by atoms with van der Waals surface area (Å²) in [4.78, 5) is 15.2. The summed E-state index contributed by atoms with van der Waals surface area (Å²) in [5.74, 6) is 0.174. The summed E-state index contributed by atoms with van der Waals surface area (Å²) < 4.78 is 1.19. The van der Waals surface area contributed by atoms with Crippen LogP contribution < -0.4 is 0 Å². The van der Waals surface area contributed by atoms with Gasteiger partial charge in [-0.25, -0.2) is 0 Å². The average molecular weight is 366 g/mol. The van der Waals surface area contributed by atoms with E-state index in [1.54, 1.807) is 0 Å². The van der Waals surface area contributed by atoms with Crippen molar-refractivity contribution in [1.29, 1.82) is 0 Å². The maximum atomic E-state index is 13.1. The minimum Gasteiger partial charge on any atom is -0.321 e. The Labute approximate surface area is 143 Å². The van der Waals surface area contributed by atoms with Crippen LogP contribution >= 0.6 is 15.9 Å². The molecule has 1 unspecified atom stereocenters. The summed E-state index contributed by atoms with van der Waals surface area (Å²) in [5, 5.41) is 0. The first-order valence-corrected chi connectivity index (χ1v) is 8.87. The lowest BCUT2D eigenvalue weighted by atomic mass is 9.76. The summed E-state index contributed by atoms with van der Waals surface area (Å²) >= 11 is 3.87. The van der Waals surface area contributed by atoms with E-state index in [1.807, 2.05) is 12.1 Å². The van der Waals surface area contributed by atoms with Crippen LogP contribution in [0, 0.1) is 6.92 Å². The number of halogens is 1. The summed E-state index contributed by atoms with van der Waals surface area (Å²) in [6.45, 7) is 2.98. The third kappa shape index (κ3) is 1.38. The Bertz CT molecular complexity index is 914. The molecular formula is C20H16BrNO. The fraction of sp³-hybridized carbons (Fsp3) is 0.250. The maximum absolute atomic E-state index is 13.1. The van der Waals surface area contributed by atoms with Gasteiger partial charge in [-0.2, -0.15) is 0 Å². The first-order valence-electron chi connectivity index (χ1n) is 8.08. The summed E-state index contributed by atoms with van der Waals surface area (Å²) in [6.07, 6.45) is 2.06. The molecule has 0 aromatic heterocycles. The number of piperidine rings is 1. The standard InChI is InChI=1S/C20H16BrNO/c1-12-6-4-9-15-17(12)18(21)16-10-5-11-22-19(23)13-7-2-3-8-14(13)20(15,16)22/h2-4,6-9H,5,10-11H2,1H3. The van der Waals surface area contributed by atoms with Crippen LogP contribution in [0.5, 0.6) is 0 Å². The van der Waals surface area contributed by atoms with Crippen molar-refractivity contribution in [2.75, 3.05) is 6.54 Å². The van der Waals surface area contributed by atoms with Crippen LogP contribution in [0.4, 0.5) is 0 Å². The smallest absolute Gasteiger partial charge is 0.255 e. The van der Waals surface area contributed by atoms with Crippen molar-refractivity contribution in [3.8, 4) is 0 Å². The second-order valence-corrected chi connectivity index (χ2v) is 7.40. The van der Waals surface area contributed by atoms with Gasteiger partial charge in [0.2, 0.25) is 0 Å². The predicted octanol–water partition coefficient (Wildman–Crippen LogP) is 4.61. The van der Waals surface area contributed by atoms with Gasteiger partial charge in [-0.1, -0.05) is 52.3 Å². The molecule has 2 nitrogen and oxygen atoms in total. The Kier molecular flexibility index (Phi) is 2.57. The molecule has 3 aliphatic rings. The molecule has 1 saturated heterocycles. The van der Waals surface area contributed by atoms with E-state index in [1.165, 1.54) is 26.7 Å². The third-order valence-electron chi connectivity index (χ3n) is 5.59. The van der Waals surface area contributed by atoms with Gasteiger partial charge >= 0.3 is 0 Å². The van der Waals surface area contributed by atoms with Crippen LogP contribution in [-0.4, -0.2) is 17.4 Å². The molecule has 2 heterocycles. The van der Waals surface area contributed by atoms with Crippen molar-refractivity contribution < 1.29 is 4.79 Å². The number of hydrogen-bond acceptors (Lipinski definition) is 1. The molecule has 1 spiro atoms. The van der Waals surface area contributed by atoms with Crippen LogP contribution in [0.25, 0.3) is 4.48 Å². The number of hydrogen-bond donors (Lipinski definition) is 0. The summed E-state index contributed by atoms with van der Waals surface area (Å²) in [7, 11) is 0. The van der Waals surface area contributed by atoms with Gasteiger partial charge < -0.3 is 4.90 Å². The van der Waals surface area contributed by atoms with Gasteiger partial charge in [0.1, 0.15) is 5.54 Å². The number of nitrogens with zero attached hydrogens (tertiary/aromatic N) is 1. The van der Waals surface area contributed by atoms with Crippen LogP contribution in [0.3, 0.4) is 0 Å². The van der Waals surface area contributed by atoms with Gasteiger partial charge in [0.05, 0.1) is 0 Å². The van der Waals surface area contributed by atoms with Crippen LogP contribution in [0.15, 0.2) is 48.0 Å². The zero-order chi connectivity index (χ0) is 15.8. The molecule has 0 saturated carbocycles. The predicted molar refractivity (Wildman–Crippen MR) is 94.5 cm³/mol. The third-order valence-corrected chi connectivity index (χ3v) is 6.46. The van der Waals surface area contributed by atoms with E-state index < -0.39 is 0 Å². The highest BCUT2D eigenvalue weighted by Gasteiger charge is 2.58. The van der Waals surface area contributed by atoms with Crippen molar-refractivity contribution in [1.82, 2.24) is 4.90 Å². The summed E-state index contributed by atoms with van der Waals surface area (Å²) in [5.41, 5.74) is 6.79. The van der Waals surface area contributed by atoms with Gasteiger partial charge in [0, 0.05) is 16.6 Å². The van der Waals surface area contributed by atoms with E-state index >= 15 is 0 Å². The van der Waals surface area contributed by atoms with E-state index in [-0.39, 0.29) is 11.4 Å². The van der Waals surface area contributed by atoms with Crippen molar-refractivity contribution in [2.24, 2.45) is 0 Å². The van der Waals surface area contributed by atoms with E-state index in [9.17, 15) is 4.79 Å². The van der Waals surface area contributed by atoms with Gasteiger partial charge in [-0.05, 0) is 53.7 Å². The number of rotatable bonds is 0. The fourth-order valence-corrected chi connectivity index (χ4v) is 5.76. The van der Waals surface area contributed by atoms with Crippen molar-refractivity contribution >= 4 is 26.3 Å². The molecule has 23 heavy (non-hydrogen) atoms. The number of fused-ring (bicyclic) bond motifs is 2. The zero-order valence-corrected chi connectivity index (χ0v) is 14.5. The molecule has 1 aliphatic carbocycles. The monoisotopic (exact) mass is 365 g/mol. The molecule has 3 heteroatoms. The molecule has 1 amide bonds. The zero-order valence-electron chi connectivity index (χ0n) is 12.9. The number of carbonyl (C=O) groups excluding carboxylic acids is 1. The maximum Gasteiger partial charge on any atom is 0.255 e.